The van der Waals surface area contributed by atoms with Crippen LogP contribution in [-0.4, -0.2) is 41.2 Å². The molecule has 1 aliphatic rings. The molecule has 0 bridgehead atoms. The van der Waals surface area contributed by atoms with Crippen molar-refractivity contribution in [3.8, 4) is 0 Å². The normalized spacial score (nSPS) is 17.7. The van der Waals surface area contributed by atoms with Gasteiger partial charge in [-0.2, -0.15) is 0 Å². The van der Waals surface area contributed by atoms with Gasteiger partial charge in [-0.05, 0) is 61.7 Å². The van der Waals surface area contributed by atoms with Gasteiger partial charge in [0.2, 0.25) is 0 Å². The molecule has 0 spiro atoms. The molecule has 1 aliphatic heterocycles. The number of hydrogen-bond acceptors (Lipinski definition) is 4. The predicted octanol–water partition coefficient (Wildman–Crippen LogP) is 2.62. The van der Waals surface area contributed by atoms with E-state index in [0.29, 0.717) is 0 Å². The number of pyridine rings is 1. The molecule has 2 N–H and O–H groups in total. The van der Waals surface area contributed by atoms with Crippen molar-refractivity contribution in [2.45, 2.75) is 25.5 Å². The Kier molecular flexibility index (Phi) is 6.35. The molecule has 1 fully saturated rings. The average molecular weight is 325 g/mol. The standard InChI is InChI=1S/C20H27N3O/c24-20(19-4-2-1-3-5-19)16-23-12-8-18(9-13-23)15-22-14-17-6-10-21-11-7-17/h1-7,10-11,18,20,22,24H,8-9,12-16H2/t20-/m0/s1. The fourth-order valence-corrected chi connectivity index (χ4v) is 3.32. The van der Waals surface area contributed by atoms with E-state index in [9.17, 15) is 5.11 Å². The van der Waals surface area contributed by atoms with Crippen LogP contribution in [0.15, 0.2) is 54.9 Å². The van der Waals surface area contributed by atoms with E-state index < -0.39 is 0 Å². The number of nitrogens with one attached hydrogen (secondary N) is 1. The van der Waals surface area contributed by atoms with Crippen LogP contribution in [0.3, 0.4) is 0 Å². The van der Waals surface area contributed by atoms with Crippen LogP contribution in [0.4, 0.5) is 0 Å². The van der Waals surface area contributed by atoms with Crippen LogP contribution in [-0.2, 0) is 6.54 Å². The van der Waals surface area contributed by atoms with Crippen LogP contribution < -0.4 is 5.32 Å². The van der Waals surface area contributed by atoms with Gasteiger partial charge in [0.1, 0.15) is 0 Å². The second-order valence-corrected chi connectivity index (χ2v) is 6.66. The molecule has 0 unspecified atom stereocenters. The zero-order valence-electron chi connectivity index (χ0n) is 14.1. The maximum absolute atomic E-state index is 10.3. The Morgan fingerprint density at radius 3 is 2.50 bits per heavy atom. The van der Waals surface area contributed by atoms with Gasteiger partial charge in [-0.3, -0.25) is 4.98 Å². The van der Waals surface area contributed by atoms with Crippen molar-refractivity contribution in [1.29, 1.82) is 0 Å². The minimum Gasteiger partial charge on any atom is -0.387 e. The first-order valence-electron chi connectivity index (χ1n) is 8.86. The molecule has 0 saturated carbocycles. The highest BCUT2D eigenvalue weighted by Crippen LogP contribution is 2.20. The number of aliphatic hydroxyl groups excluding tert-OH is 1. The predicted molar refractivity (Wildman–Crippen MR) is 96.5 cm³/mol. The van der Waals surface area contributed by atoms with E-state index in [-0.39, 0.29) is 6.10 Å². The highest BCUT2D eigenvalue weighted by Gasteiger charge is 2.21. The Morgan fingerprint density at radius 1 is 1.08 bits per heavy atom. The summed E-state index contributed by atoms with van der Waals surface area (Å²) in [7, 11) is 0. The van der Waals surface area contributed by atoms with E-state index >= 15 is 0 Å². The summed E-state index contributed by atoms with van der Waals surface area (Å²) < 4.78 is 0. The molecule has 4 nitrogen and oxygen atoms in total. The number of β-amino-alcohol motifs (C(OH)–C–C–N with tert-alkyl or cyclic N) is 1. The third-order valence-electron chi connectivity index (χ3n) is 4.83. The van der Waals surface area contributed by atoms with E-state index in [1.807, 2.05) is 42.7 Å². The molecule has 2 aromatic rings. The Labute approximate surface area is 144 Å². The van der Waals surface area contributed by atoms with Crippen molar-refractivity contribution in [3.63, 3.8) is 0 Å². The van der Waals surface area contributed by atoms with Crippen molar-refractivity contribution >= 4 is 0 Å². The number of rotatable bonds is 7. The Bertz CT molecular complexity index is 582. The molecule has 1 aromatic heterocycles. The fraction of sp³-hybridized carbons (Fsp3) is 0.450. The average Bonchev–Trinajstić information content (AvgIpc) is 2.65. The van der Waals surface area contributed by atoms with Gasteiger partial charge < -0.3 is 15.3 Å². The van der Waals surface area contributed by atoms with Crippen LogP contribution >= 0.6 is 0 Å². The van der Waals surface area contributed by atoms with Crippen molar-refractivity contribution in [1.82, 2.24) is 15.2 Å². The number of aromatic nitrogens is 1. The molecule has 1 aromatic carbocycles. The lowest BCUT2D eigenvalue weighted by molar-refractivity contribution is 0.0891. The van der Waals surface area contributed by atoms with Gasteiger partial charge >= 0.3 is 0 Å². The second kappa shape index (κ2) is 8.92. The number of benzene rings is 1. The van der Waals surface area contributed by atoms with Crippen LogP contribution in [0.2, 0.25) is 0 Å². The Balaban J connectivity index is 1.35. The lowest BCUT2D eigenvalue weighted by Crippen LogP contribution is -2.39. The molecule has 3 rings (SSSR count). The first-order chi connectivity index (χ1) is 11.8. The first-order valence-corrected chi connectivity index (χ1v) is 8.86. The van der Waals surface area contributed by atoms with Crippen LogP contribution in [0.5, 0.6) is 0 Å². The summed E-state index contributed by atoms with van der Waals surface area (Å²) in [6, 6.07) is 14.1. The first kappa shape index (κ1) is 17.1. The van der Waals surface area contributed by atoms with Crippen molar-refractivity contribution in [3.05, 3.63) is 66.0 Å². The summed E-state index contributed by atoms with van der Waals surface area (Å²) in [5.74, 6) is 0.733. The highest BCUT2D eigenvalue weighted by molar-refractivity contribution is 5.17. The number of piperidine rings is 1. The van der Waals surface area contributed by atoms with E-state index in [2.05, 4.69) is 27.3 Å². The van der Waals surface area contributed by atoms with Gasteiger partial charge in [0.25, 0.3) is 0 Å². The lowest BCUT2D eigenvalue weighted by Gasteiger charge is -2.33. The molecule has 1 saturated heterocycles. The summed E-state index contributed by atoms with van der Waals surface area (Å²) in [5.41, 5.74) is 2.30. The minimum atomic E-state index is -0.382. The molecule has 128 valence electrons. The van der Waals surface area contributed by atoms with Crippen LogP contribution in [0.1, 0.15) is 30.1 Å². The topological polar surface area (TPSA) is 48.4 Å². The van der Waals surface area contributed by atoms with Gasteiger partial charge in [0.05, 0.1) is 6.10 Å². The smallest absolute Gasteiger partial charge is 0.0916 e. The van der Waals surface area contributed by atoms with Gasteiger partial charge in [0.15, 0.2) is 0 Å². The Morgan fingerprint density at radius 2 is 1.79 bits per heavy atom. The summed E-state index contributed by atoms with van der Waals surface area (Å²) in [4.78, 5) is 6.43. The van der Waals surface area contributed by atoms with Crippen molar-refractivity contribution < 1.29 is 5.11 Å². The fourth-order valence-electron chi connectivity index (χ4n) is 3.32. The van der Waals surface area contributed by atoms with Gasteiger partial charge in [-0.25, -0.2) is 0 Å². The largest absolute Gasteiger partial charge is 0.387 e. The molecule has 2 heterocycles. The molecule has 0 aliphatic carbocycles. The molecule has 0 amide bonds. The lowest BCUT2D eigenvalue weighted by atomic mass is 9.96. The van der Waals surface area contributed by atoms with Crippen molar-refractivity contribution in [2.75, 3.05) is 26.2 Å². The third-order valence-corrected chi connectivity index (χ3v) is 4.83. The van der Waals surface area contributed by atoms with E-state index in [1.54, 1.807) is 0 Å². The molecular weight excluding hydrogens is 298 g/mol. The number of nitrogens with zero attached hydrogens (tertiary/aromatic N) is 2. The van der Waals surface area contributed by atoms with E-state index in [1.165, 1.54) is 18.4 Å². The number of aliphatic hydroxyl groups is 1. The highest BCUT2D eigenvalue weighted by atomic mass is 16.3. The SMILES string of the molecule is O[C@@H](CN1CCC(CNCc2ccncc2)CC1)c1ccccc1. The quantitative estimate of drug-likeness (QED) is 0.821. The van der Waals surface area contributed by atoms with E-state index in [0.717, 1.165) is 44.2 Å². The second-order valence-electron chi connectivity index (χ2n) is 6.66. The van der Waals surface area contributed by atoms with Crippen molar-refractivity contribution in [2.24, 2.45) is 5.92 Å². The molecule has 4 heteroatoms. The number of hydrogen-bond donors (Lipinski definition) is 2. The third kappa shape index (κ3) is 5.13. The maximum Gasteiger partial charge on any atom is 0.0916 e. The van der Waals surface area contributed by atoms with Gasteiger partial charge in [-0.15, -0.1) is 0 Å². The molecule has 0 radical (unpaired) electrons. The minimum absolute atomic E-state index is 0.382. The number of likely N-dealkylation sites (tertiary alicyclic amines) is 1. The zero-order chi connectivity index (χ0) is 16.6. The van der Waals surface area contributed by atoms with E-state index in [4.69, 9.17) is 0 Å². The summed E-state index contributed by atoms with van der Waals surface area (Å²) in [6.45, 7) is 4.87. The zero-order valence-corrected chi connectivity index (χ0v) is 14.1. The Hall–Kier alpha value is -1.75. The summed E-state index contributed by atoms with van der Waals surface area (Å²) in [6.07, 6.45) is 5.70. The molecule has 24 heavy (non-hydrogen) atoms. The maximum atomic E-state index is 10.3. The molecular formula is C20H27N3O. The molecule has 1 atom stereocenters. The van der Waals surface area contributed by atoms with Crippen LogP contribution in [0.25, 0.3) is 0 Å². The van der Waals surface area contributed by atoms with Gasteiger partial charge in [0, 0.05) is 25.5 Å². The summed E-state index contributed by atoms with van der Waals surface area (Å²) >= 11 is 0. The van der Waals surface area contributed by atoms with Crippen LogP contribution in [0, 0.1) is 5.92 Å². The summed E-state index contributed by atoms with van der Waals surface area (Å²) in [5, 5.41) is 13.9. The monoisotopic (exact) mass is 325 g/mol. The van der Waals surface area contributed by atoms with Gasteiger partial charge in [-0.1, -0.05) is 30.3 Å².